The smallest absolute Gasteiger partial charge is 0.330 e. The molecule has 0 radical (unpaired) electrons. The van der Waals surface area contributed by atoms with Crippen molar-refractivity contribution in [2.24, 2.45) is 0 Å². The summed E-state index contributed by atoms with van der Waals surface area (Å²) in [5.41, 5.74) is 3.08. The Morgan fingerprint density at radius 1 is 1.10 bits per heavy atom. The molecule has 1 aromatic heterocycles. The van der Waals surface area contributed by atoms with E-state index in [1.165, 1.54) is 6.08 Å². The first-order valence-corrected chi connectivity index (χ1v) is 8.99. The van der Waals surface area contributed by atoms with E-state index in [1.54, 1.807) is 31.0 Å². The lowest BCUT2D eigenvalue weighted by Gasteiger charge is -2.09. The van der Waals surface area contributed by atoms with Crippen LogP contribution in [0.15, 0.2) is 60.8 Å². The van der Waals surface area contributed by atoms with Gasteiger partial charge in [0.25, 0.3) is 0 Å². The Kier molecular flexibility index (Phi) is 6.65. The second kappa shape index (κ2) is 9.57. The van der Waals surface area contributed by atoms with Gasteiger partial charge in [-0.2, -0.15) is 5.10 Å². The Balaban J connectivity index is 2.03. The van der Waals surface area contributed by atoms with Crippen LogP contribution in [-0.4, -0.2) is 48.3 Å². The SMILES string of the molecule is COc1ccc(-c2nn(-c3ccccc3)cc2/C=C/C(=O)OCCO)cc1OC. The summed E-state index contributed by atoms with van der Waals surface area (Å²) in [5, 5.41) is 13.5. The molecule has 7 heteroatoms. The number of para-hydroxylation sites is 1. The molecule has 0 unspecified atom stereocenters. The molecule has 0 fully saturated rings. The Labute approximate surface area is 168 Å². The van der Waals surface area contributed by atoms with Crippen molar-refractivity contribution in [3.63, 3.8) is 0 Å². The first-order chi connectivity index (χ1) is 14.2. The third-order valence-electron chi connectivity index (χ3n) is 4.15. The van der Waals surface area contributed by atoms with Gasteiger partial charge >= 0.3 is 5.97 Å². The molecule has 0 bridgehead atoms. The zero-order valence-electron chi connectivity index (χ0n) is 16.2. The van der Waals surface area contributed by atoms with Crippen LogP contribution in [-0.2, 0) is 9.53 Å². The van der Waals surface area contributed by atoms with Gasteiger partial charge in [0.05, 0.1) is 26.5 Å². The predicted octanol–water partition coefficient (Wildman–Crippen LogP) is 3.11. The average Bonchev–Trinajstić information content (AvgIpc) is 3.20. The molecule has 0 aliphatic rings. The van der Waals surface area contributed by atoms with Crippen LogP contribution in [0.2, 0.25) is 0 Å². The van der Waals surface area contributed by atoms with Crippen LogP contribution in [0.3, 0.4) is 0 Å². The van der Waals surface area contributed by atoms with Crippen LogP contribution in [0.1, 0.15) is 5.56 Å². The van der Waals surface area contributed by atoms with E-state index in [1.807, 2.05) is 48.7 Å². The summed E-state index contributed by atoms with van der Waals surface area (Å²) < 4.78 is 17.3. The minimum Gasteiger partial charge on any atom is -0.493 e. The van der Waals surface area contributed by atoms with E-state index in [4.69, 9.17) is 24.4 Å². The molecule has 7 nitrogen and oxygen atoms in total. The maximum atomic E-state index is 11.8. The molecule has 0 saturated heterocycles. The lowest BCUT2D eigenvalue weighted by Crippen LogP contribution is -2.04. The van der Waals surface area contributed by atoms with Crippen molar-refractivity contribution < 1.29 is 24.1 Å². The summed E-state index contributed by atoms with van der Waals surface area (Å²) in [6.07, 6.45) is 4.78. The van der Waals surface area contributed by atoms with Gasteiger partial charge in [-0.1, -0.05) is 18.2 Å². The number of aromatic nitrogens is 2. The molecule has 2 aromatic carbocycles. The van der Waals surface area contributed by atoms with Gasteiger partial charge in [0.15, 0.2) is 11.5 Å². The van der Waals surface area contributed by atoms with Crippen molar-refractivity contribution in [3.8, 4) is 28.4 Å². The van der Waals surface area contributed by atoms with Gasteiger partial charge in [0, 0.05) is 23.4 Å². The highest BCUT2D eigenvalue weighted by Crippen LogP contribution is 2.33. The van der Waals surface area contributed by atoms with E-state index >= 15 is 0 Å². The normalized spacial score (nSPS) is 10.9. The number of carbonyl (C=O) groups excluding carboxylic acids is 1. The molecular formula is C22H22N2O5. The van der Waals surface area contributed by atoms with Crippen LogP contribution in [0.5, 0.6) is 11.5 Å². The molecule has 0 atom stereocenters. The molecule has 150 valence electrons. The quantitative estimate of drug-likeness (QED) is 0.467. The van der Waals surface area contributed by atoms with Gasteiger partial charge in [-0.25, -0.2) is 9.48 Å². The molecule has 0 aliphatic carbocycles. The largest absolute Gasteiger partial charge is 0.493 e. The highest BCUT2D eigenvalue weighted by Gasteiger charge is 2.14. The Morgan fingerprint density at radius 3 is 2.55 bits per heavy atom. The molecule has 29 heavy (non-hydrogen) atoms. The van der Waals surface area contributed by atoms with Gasteiger partial charge in [-0.15, -0.1) is 0 Å². The van der Waals surface area contributed by atoms with E-state index in [-0.39, 0.29) is 13.2 Å². The first kappa shape index (κ1) is 20.2. The molecule has 0 aliphatic heterocycles. The van der Waals surface area contributed by atoms with Crippen molar-refractivity contribution in [1.82, 2.24) is 9.78 Å². The van der Waals surface area contributed by atoms with Crippen molar-refractivity contribution in [1.29, 1.82) is 0 Å². The summed E-state index contributed by atoms with van der Waals surface area (Å²) in [6, 6.07) is 15.2. The average molecular weight is 394 g/mol. The number of hydrogen-bond donors (Lipinski definition) is 1. The van der Waals surface area contributed by atoms with E-state index in [9.17, 15) is 4.79 Å². The van der Waals surface area contributed by atoms with Crippen LogP contribution in [0, 0.1) is 0 Å². The summed E-state index contributed by atoms with van der Waals surface area (Å²) in [7, 11) is 3.15. The number of nitrogens with zero attached hydrogens (tertiary/aromatic N) is 2. The fourth-order valence-electron chi connectivity index (χ4n) is 2.78. The highest BCUT2D eigenvalue weighted by atomic mass is 16.5. The van der Waals surface area contributed by atoms with Gasteiger partial charge < -0.3 is 19.3 Å². The van der Waals surface area contributed by atoms with Crippen molar-refractivity contribution in [3.05, 3.63) is 66.4 Å². The van der Waals surface area contributed by atoms with Gasteiger partial charge in [0.2, 0.25) is 0 Å². The minimum absolute atomic E-state index is 0.0466. The summed E-state index contributed by atoms with van der Waals surface area (Å²) in [6.45, 7) is -0.266. The molecule has 0 spiro atoms. The number of hydrogen-bond acceptors (Lipinski definition) is 6. The van der Waals surface area contributed by atoms with Crippen molar-refractivity contribution in [2.75, 3.05) is 27.4 Å². The molecule has 0 saturated carbocycles. The number of aliphatic hydroxyl groups excluding tert-OH is 1. The maximum absolute atomic E-state index is 11.8. The summed E-state index contributed by atoms with van der Waals surface area (Å²) in [5.74, 6) is 0.657. The third-order valence-corrected chi connectivity index (χ3v) is 4.15. The molecule has 1 heterocycles. The molecule has 1 N–H and O–H groups in total. The lowest BCUT2D eigenvalue weighted by molar-refractivity contribution is -0.138. The number of aliphatic hydroxyl groups is 1. The van der Waals surface area contributed by atoms with Gasteiger partial charge in [-0.3, -0.25) is 0 Å². The lowest BCUT2D eigenvalue weighted by atomic mass is 10.1. The number of esters is 1. The Hall–Kier alpha value is -3.58. The molecule has 3 rings (SSSR count). The fourth-order valence-corrected chi connectivity index (χ4v) is 2.78. The molecular weight excluding hydrogens is 372 g/mol. The zero-order chi connectivity index (χ0) is 20.6. The Morgan fingerprint density at radius 2 is 1.86 bits per heavy atom. The topological polar surface area (TPSA) is 82.8 Å². The fraction of sp³-hybridized carbons (Fsp3) is 0.182. The summed E-state index contributed by atoms with van der Waals surface area (Å²) >= 11 is 0. The van der Waals surface area contributed by atoms with Crippen LogP contribution >= 0.6 is 0 Å². The van der Waals surface area contributed by atoms with E-state index < -0.39 is 5.97 Å². The predicted molar refractivity (Wildman–Crippen MR) is 109 cm³/mol. The molecule has 3 aromatic rings. The van der Waals surface area contributed by atoms with Crippen LogP contribution in [0.4, 0.5) is 0 Å². The van der Waals surface area contributed by atoms with E-state index in [0.717, 1.165) is 16.8 Å². The number of rotatable bonds is 8. The zero-order valence-corrected chi connectivity index (χ0v) is 16.2. The van der Waals surface area contributed by atoms with E-state index in [2.05, 4.69) is 0 Å². The second-order valence-electron chi connectivity index (χ2n) is 6.01. The van der Waals surface area contributed by atoms with E-state index in [0.29, 0.717) is 17.2 Å². The monoisotopic (exact) mass is 394 g/mol. The number of carbonyl (C=O) groups is 1. The van der Waals surface area contributed by atoms with Crippen molar-refractivity contribution in [2.45, 2.75) is 0 Å². The highest BCUT2D eigenvalue weighted by molar-refractivity contribution is 5.88. The van der Waals surface area contributed by atoms with Gasteiger partial charge in [0.1, 0.15) is 12.3 Å². The second-order valence-corrected chi connectivity index (χ2v) is 6.01. The van der Waals surface area contributed by atoms with Crippen LogP contribution in [0.25, 0.3) is 23.0 Å². The number of ether oxygens (including phenoxy) is 3. The minimum atomic E-state index is -0.537. The Bertz CT molecular complexity index is 996. The third kappa shape index (κ3) is 4.83. The summed E-state index contributed by atoms with van der Waals surface area (Å²) in [4.78, 5) is 11.8. The standard InChI is InChI=1S/C22H22N2O5/c1-27-19-10-8-16(14-20(19)28-2)22-17(9-11-21(26)29-13-12-25)15-24(23-22)18-6-4-3-5-7-18/h3-11,14-15,25H,12-13H2,1-2H3/b11-9+. The van der Waals surface area contributed by atoms with Crippen LogP contribution < -0.4 is 9.47 Å². The van der Waals surface area contributed by atoms with Gasteiger partial charge in [-0.05, 0) is 36.4 Å². The maximum Gasteiger partial charge on any atom is 0.330 e. The first-order valence-electron chi connectivity index (χ1n) is 8.99. The molecule has 0 amide bonds. The number of benzene rings is 2. The number of methoxy groups -OCH3 is 2. The van der Waals surface area contributed by atoms with Crippen molar-refractivity contribution >= 4 is 12.0 Å².